The summed E-state index contributed by atoms with van der Waals surface area (Å²) in [5.74, 6) is -1.59. The number of likely N-dealkylation sites (tertiary alicyclic amines) is 1. The number of alkyl halides is 2. The second-order valence-electron chi connectivity index (χ2n) is 6.62. The number of aromatic nitrogens is 2. The minimum Gasteiger partial charge on any atom is -0.481 e. The van der Waals surface area contributed by atoms with Crippen LogP contribution in [0.3, 0.4) is 0 Å². The Bertz CT molecular complexity index is 633. The van der Waals surface area contributed by atoms with Gasteiger partial charge in [-0.25, -0.2) is 8.78 Å². The molecule has 1 fully saturated rings. The Hall–Kier alpha value is -2.03. The number of carboxylic acids is 1. The van der Waals surface area contributed by atoms with Crippen molar-refractivity contribution in [3.8, 4) is 0 Å². The molecule has 1 aromatic rings. The molecule has 0 aliphatic carbocycles. The average Bonchev–Trinajstić information content (AvgIpc) is 3.09. The van der Waals surface area contributed by atoms with Crippen LogP contribution in [-0.4, -0.2) is 57.5 Å². The molecule has 1 aliphatic rings. The Balaban J connectivity index is 2.32. The second kappa shape index (κ2) is 7.90. The number of halogens is 2. The summed E-state index contributed by atoms with van der Waals surface area (Å²) in [4.78, 5) is 25.2. The zero-order chi connectivity index (χ0) is 18.7. The third kappa shape index (κ3) is 4.33. The molecule has 1 N–H and O–H groups in total. The summed E-state index contributed by atoms with van der Waals surface area (Å²) < 4.78 is 33.4. The quantitative estimate of drug-likeness (QED) is 0.807. The van der Waals surface area contributed by atoms with Crippen molar-refractivity contribution >= 4 is 11.9 Å². The van der Waals surface area contributed by atoms with Gasteiger partial charge < -0.3 is 14.7 Å². The van der Waals surface area contributed by atoms with Gasteiger partial charge in [-0.05, 0) is 12.3 Å². The molecule has 0 saturated carbocycles. The van der Waals surface area contributed by atoms with Gasteiger partial charge >= 0.3 is 5.97 Å². The molecule has 1 saturated heterocycles. The third-order valence-corrected chi connectivity index (χ3v) is 4.24. The molecule has 1 aromatic heterocycles. The third-order valence-electron chi connectivity index (χ3n) is 4.24. The highest BCUT2D eigenvalue weighted by Crippen LogP contribution is 2.29. The zero-order valence-corrected chi connectivity index (χ0v) is 14.5. The molecule has 140 valence electrons. The van der Waals surface area contributed by atoms with Gasteiger partial charge in [0.15, 0.2) is 0 Å². The van der Waals surface area contributed by atoms with E-state index in [0.29, 0.717) is 6.42 Å². The number of carbonyl (C=O) groups excluding carboxylic acids is 1. The Labute approximate surface area is 144 Å². The number of carbonyl (C=O) groups is 2. The van der Waals surface area contributed by atoms with Crippen molar-refractivity contribution in [1.29, 1.82) is 0 Å². The molecule has 2 unspecified atom stereocenters. The van der Waals surface area contributed by atoms with E-state index in [9.17, 15) is 18.4 Å². The summed E-state index contributed by atoms with van der Waals surface area (Å²) in [5.41, 5.74) is -0.601. The van der Waals surface area contributed by atoms with Crippen LogP contribution < -0.4 is 0 Å². The van der Waals surface area contributed by atoms with Gasteiger partial charge in [-0.1, -0.05) is 13.8 Å². The Kier molecular flexibility index (Phi) is 6.10. The fourth-order valence-corrected chi connectivity index (χ4v) is 3.12. The number of carboxylic acid groups (broad SMARTS) is 1. The normalized spacial score (nSPS) is 20.7. The number of nitrogens with zero attached hydrogens (tertiary/aromatic N) is 3. The van der Waals surface area contributed by atoms with E-state index in [0.717, 1.165) is 10.9 Å². The molecule has 0 aromatic carbocycles. The average molecular weight is 359 g/mol. The maximum atomic E-state index is 13.5. The molecule has 1 aliphatic heterocycles. The standard InChI is InChI=1S/C16H23F2N3O4/c1-9(2)7-21-14(15(17)18)12(6-19-21)16(24)20-8-11(25-3)4-10(20)5-13(22)23/h6,9-11,15H,4-5,7-8H2,1-3H3,(H,22,23). The molecule has 7 nitrogen and oxygen atoms in total. The monoisotopic (exact) mass is 359 g/mol. The Morgan fingerprint density at radius 3 is 2.64 bits per heavy atom. The largest absolute Gasteiger partial charge is 0.481 e. The number of hydrogen-bond donors (Lipinski definition) is 1. The van der Waals surface area contributed by atoms with Gasteiger partial charge in [0.1, 0.15) is 5.69 Å². The summed E-state index contributed by atoms with van der Waals surface area (Å²) in [6.45, 7) is 4.17. The molecular formula is C16H23F2N3O4. The minimum atomic E-state index is -2.85. The minimum absolute atomic E-state index is 0.0877. The van der Waals surface area contributed by atoms with Crippen molar-refractivity contribution in [3.05, 3.63) is 17.5 Å². The van der Waals surface area contributed by atoms with Gasteiger partial charge in [0, 0.05) is 26.2 Å². The summed E-state index contributed by atoms with van der Waals surface area (Å²) >= 11 is 0. The van der Waals surface area contributed by atoms with Crippen LogP contribution in [0.4, 0.5) is 8.78 Å². The zero-order valence-electron chi connectivity index (χ0n) is 14.5. The molecule has 2 rings (SSSR count). The highest BCUT2D eigenvalue weighted by Gasteiger charge is 2.39. The van der Waals surface area contributed by atoms with Gasteiger partial charge in [-0.3, -0.25) is 14.3 Å². The van der Waals surface area contributed by atoms with Crippen LogP contribution in [-0.2, 0) is 16.1 Å². The molecule has 0 radical (unpaired) electrons. The van der Waals surface area contributed by atoms with Gasteiger partial charge in [-0.2, -0.15) is 5.10 Å². The Morgan fingerprint density at radius 1 is 1.44 bits per heavy atom. The number of methoxy groups -OCH3 is 1. The van der Waals surface area contributed by atoms with Crippen molar-refractivity contribution in [1.82, 2.24) is 14.7 Å². The molecule has 2 heterocycles. The SMILES string of the molecule is COC1CC(CC(=O)O)N(C(=O)c2cnn(CC(C)C)c2C(F)F)C1. The van der Waals surface area contributed by atoms with Crippen LogP contribution in [0, 0.1) is 5.92 Å². The lowest BCUT2D eigenvalue weighted by Gasteiger charge is -2.23. The van der Waals surface area contributed by atoms with E-state index in [2.05, 4.69) is 5.10 Å². The Morgan fingerprint density at radius 2 is 2.12 bits per heavy atom. The second-order valence-corrected chi connectivity index (χ2v) is 6.62. The first kappa shape index (κ1) is 19.3. The van der Waals surface area contributed by atoms with E-state index >= 15 is 0 Å². The van der Waals surface area contributed by atoms with Crippen LogP contribution in [0.2, 0.25) is 0 Å². The molecule has 0 spiro atoms. The molecule has 1 amide bonds. The topological polar surface area (TPSA) is 84.7 Å². The summed E-state index contributed by atoms with van der Waals surface area (Å²) in [6.07, 6.45) is -1.91. The van der Waals surface area contributed by atoms with Gasteiger partial charge in [0.25, 0.3) is 12.3 Å². The number of ether oxygens (including phenoxy) is 1. The van der Waals surface area contributed by atoms with E-state index in [1.165, 1.54) is 12.0 Å². The number of aliphatic carboxylic acids is 1. The lowest BCUT2D eigenvalue weighted by Crippen LogP contribution is -2.37. The maximum absolute atomic E-state index is 13.5. The van der Waals surface area contributed by atoms with Crippen molar-refractivity contribution < 1.29 is 28.2 Å². The fourth-order valence-electron chi connectivity index (χ4n) is 3.12. The number of amides is 1. The van der Waals surface area contributed by atoms with Gasteiger partial charge in [0.05, 0.1) is 24.3 Å². The number of hydrogen-bond acceptors (Lipinski definition) is 4. The van der Waals surface area contributed by atoms with Crippen LogP contribution >= 0.6 is 0 Å². The van der Waals surface area contributed by atoms with Crippen molar-refractivity contribution in [2.45, 2.75) is 51.8 Å². The lowest BCUT2D eigenvalue weighted by atomic mass is 10.1. The predicted molar refractivity (Wildman–Crippen MR) is 84.5 cm³/mol. The first-order valence-corrected chi connectivity index (χ1v) is 8.14. The van der Waals surface area contributed by atoms with E-state index in [-0.39, 0.29) is 37.1 Å². The summed E-state index contributed by atoms with van der Waals surface area (Å²) in [6, 6.07) is -0.589. The molecule has 9 heteroatoms. The molecule has 0 bridgehead atoms. The maximum Gasteiger partial charge on any atom is 0.305 e. The van der Waals surface area contributed by atoms with Crippen LogP contribution in [0.15, 0.2) is 6.20 Å². The lowest BCUT2D eigenvalue weighted by molar-refractivity contribution is -0.138. The van der Waals surface area contributed by atoms with Crippen LogP contribution in [0.1, 0.15) is 49.2 Å². The highest BCUT2D eigenvalue weighted by atomic mass is 19.3. The van der Waals surface area contributed by atoms with Crippen LogP contribution in [0.5, 0.6) is 0 Å². The first-order chi connectivity index (χ1) is 11.7. The van der Waals surface area contributed by atoms with E-state index in [1.54, 1.807) is 0 Å². The summed E-state index contributed by atoms with van der Waals surface area (Å²) in [7, 11) is 1.47. The number of rotatable bonds is 7. The van der Waals surface area contributed by atoms with Crippen LogP contribution in [0.25, 0.3) is 0 Å². The van der Waals surface area contributed by atoms with Gasteiger partial charge in [-0.15, -0.1) is 0 Å². The summed E-state index contributed by atoms with van der Waals surface area (Å²) in [5, 5.41) is 13.0. The van der Waals surface area contributed by atoms with E-state index < -0.39 is 30.0 Å². The highest BCUT2D eigenvalue weighted by molar-refractivity contribution is 5.96. The van der Waals surface area contributed by atoms with Crippen molar-refractivity contribution in [2.75, 3.05) is 13.7 Å². The predicted octanol–water partition coefficient (Wildman–Crippen LogP) is 2.18. The molecule has 2 atom stereocenters. The smallest absolute Gasteiger partial charge is 0.305 e. The van der Waals surface area contributed by atoms with Crippen molar-refractivity contribution in [2.24, 2.45) is 5.92 Å². The molecular weight excluding hydrogens is 336 g/mol. The fraction of sp³-hybridized carbons (Fsp3) is 0.688. The van der Waals surface area contributed by atoms with Crippen molar-refractivity contribution in [3.63, 3.8) is 0 Å². The van der Waals surface area contributed by atoms with E-state index in [4.69, 9.17) is 9.84 Å². The van der Waals surface area contributed by atoms with Gasteiger partial charge in [0.2, 0.25) is 0 Å². The first-order valence-electron chi connectivity index (χ1n) is 8.14. The molecule has 25 heavy (non-hydrogen) atoms. The van der Waals surface area contributed by atoms with E-state index in [1.807, 2.05) is 13.8 Å².